The van der Waals surface area contributed by atoms with Gasteiger partial charge in [0.15, 0.2) is 6.61 Å². The van der Waals surface area contributed by atoms with E-state index in [0.29, 0.717) is 5.75 Å². The Morgan fingerprint density at radius 3 is 2.53 bits per heavy atom. The van der Waals surface area contributed by atoms with Crippen LogP contribution in [0.4, 0.5) is 5.82 Å². The van der Waals surface area contributed by atoms with Crippen LogP contribution in [0.5, 0.6) is 11.5 Å². The van der Waals surface area contributed by atoms with Gasteiger partial charge in [0.05, 0.1) is 14.2 Å². The number of nitrogens with zero attached hydrogens (tertiary/aromatic N) is 1. The maximum Gasteiger partial charge on any atom is 0.343 e. The lowest BCUT2D eigenvalue weighted by Crippen LogP contribution is -2.13. The molecule has 168 valence electrons. The first-order valence-corrected chi connectivity index (χ1v) is 11.4. The molecule has 0 unspecified atom stereocenters. The standard InChI is InChI=1S/C25H28N2O4S/c1-18-14-23(22(29-2)15-21(18)31-17-25(28)30-3)32-13-7-12-26-24-11-10-20(16-27-24)19-8-5-4-6-9-19/h4-6,8-11,14-16H,7,12-13,17H2,1-3H3,(H,26,27). The first-order chi connectivity index (χ1) is 15.6. The Morgan fingerprint density at radius 2 is 1.84 bits per heavy atom. The third-order valence-corrected chi connectivity index (χ3v) is 5.91. The molecule has 0 spiro atoms. The van der Waals surface area contributed by atoms with Gasteiger partial charge < -0.3 is 19.5 Å². The number of anilines is 1. The third kappa shape index (κ3) is 6.65. The van der Waals surface area contributed by atoms with Crippen molar-refractivity contribution >= 4 is 23.5 Å². The van der Waals surface area contributed by atoms with Gasteiger partial charge in [-0.15, -0.1) is 11.8 Å². The fourth-order valence-corrected chi connectivity index (χ4v) is 4.09. The summed E-state index contributed by atoms with van der Waals surface area (Å²) in [6.07, 6.45) is 2.86. The van der Waals surface area contributed by atoms with E-state index in [1.807, 2.05) is 49.5 Å². The van der Waals surface area contributed by atoms with Crippen LogP contribution in [0.15, 0.2) is 65.7 Å². The van der Waals surface area contributed by atoms with Gasteiger partial charge in [-0.3, -0.25) is 0 Å². The summed E-state index contributed by atoms with van der Waals surface area (Å²) in [5.74, 6) is 2.72. The molecule has 7 heteroatoms. The Balaban J connectivity index is 1.47. The summed E-state index contributed by atoms with van der Waals surface area (Å²) >= 11 is 1.73. The van der Waals surface area contributed by atoms with E-state index in [2.05, 4.69) is 33.2 Å². The fraction of sp³-hybridized carbons (Fsp3) is 0.280. The molecule has 0 bridgehead atoms. The van der Waals surface area contributed by atoms with E-state index in [-0.39, 0.29) is 6.61 Å². The Bertz CT molecular complexity index is 1010. The van der Waals surface area contributed by atoms with Crippen LogP contribution in [0.25, 0.3) is 11.1 Å². The monoisotopic (exact) mass is 452 g/mol. The molecule has 0 aliphatic carbocycles. The van der Waals surface area contributed by atoms with Crippen LogP contribution in [-0.4, -0.2) is 44.1 Å². The maximum absolute atomic E-state index is 11.3. The van der Waals surface area contributed by atoms with E-state index in [4.69, 9.17) is 9.47 Å². The zero-order valence-corrected chi connectivity index (χ0v) is 19.4. The number of hydrogen-bond acceptors (Lipinski definition) is 7. The molecule has 1 aromatic heterocycles. The largest absolute Gasteiger partial charge is 0.495 e. The van der Waals surface area contributed by atoms with E-state index in [9.17, 15) is 4.79 Å². The lowest BCUT2D eigenvalue weighted by Gasteiger charge is -2.14. The highest BCUT2D eigenvalue weighted by molar-refractivity contribution is 7.99. The minimum Gasteiger partial charge on any atom is -0.495 e. The molecule has 0 aliphatic rings. The summed E-state index contributed by atoms with van der Waals surface area (Å²) in [5, 5.41) is 3.37. The van der Waals surface area contributed by atoms with Crippen LogP contribution >= 0.6 is 11.8 Å². The van der Waals surface area contributed by atoms with E-state index in [1.165, 1.54) is 7.11 Å². The van der Waals surface area contributed by atoms with Crippen molar-refractivity contribution in [3.63, 3.8) is 0 Å². The van der Waals surface area contributed by atoms with E-state index in [0.717, 1.165) is 51.9 Å². The zero-order chi connectivity index (χ0) is 22.8. The minimum atomic E-state index is -0.418. The summed E-state index contributed by atoms with van der Waals surface area (Å²) in [6.45, 7) is 2.65. The van der Waals surface area contributed by atoms with Gasteiger partial charge in [-0.2, -0.15) is 0 Å². The van der Waals surface area contributed by atoms with Crippen molar-refractivity contribution in [2.75, 3.05) is 38.4 Å². The molecule has 1 N–H and O–H groups in total. The predicted octanol–water partition coefficient (Wildman–Crippen LogP) is 5.21. The van der Waals surface area contributed by atoms with Crippen molar-refractivity contribution in [3.05, 3.63) is 66.4 Å². The van der Waals surface area contributed by atoms with E-state index < -0.39 is 5.97 Å². The Morgan fingerprint density at radius 1 is 1.03 bits per heavy atom. The molecule has 2 aromatic carbocycles. The number of hydrogen-bond donors (Lipinski definition) is 1. The summed E-state index contributed by atoms with van der Waals surface area (Å²) in [6, 6.07) is 18.1. The second-order valence-corrected chi connectivity index (χ2v) is 8.20. The first-order valence-electron chi connectivity index (χ1n) is 10.4. The Labute approximate surface area is 193 Å². The topological polar surface area (TPSA) is 69.7 Å². The number of esters is 1. The second-order valence-electron chi connectivity index (χ2n) is 7.06. The molecule has 1 heterocycles. The van der Waals surface area contributed by atoms with Gasteiger partial charge >= 0.3 is 5.97 Å². The summed E-state index contributed by atoms with van der Waals surface area (Å²) in [4.78, 5) is 16.9. The molecule has 0 saturated carbocycles. The van der Waals surface area contributed by atoms with Crippen LogP contribution in [-0.2, 0) is 9.53 Å². The van der Waals surface area contributed by atoms with Gasteiger partial charge in [-0.25, -0.2) is 9.78 Å². The van der Waals surface area contributed by atoms with E-state index in [1.54, 1.807) is 18.9 Å². The number of thioether (sulfide) groups is 1. The number of rotatable bonds is 11. The van der Waals surface area contributed by atoms with Crippen LogP contribution in [0.1, 0.15) is 12.0 Å². The van der Waals surface area contributed by atoms with Crippen LogP contribution < -0.4 is 14.8 Å². The third-order valence-electron chi connectivity index (χ3n) is 4.79. The maximum atomic E-state index is 11.3. The molecule has 3 aromatic rings. The number of benzene rings is 2. The van der Waals surface area contributed by atoms with E-state index >= 15 is 0 Å². The van der Waals surface area contributed by atoms with Crippen molar-refractivity contribution in [2.45, 2.75) is 18.2 Å². The molecular weight excluding hydrogens is 424 g/mol. The van der Waals surface area contributed by atoms with Gasteiger partial charge in [-0.05, 0) is 48.4 Å². The highest BCUT2D eigenvalue weighted by Gasteiger charge is 2.11. The average molecular weight is 453 g/mol. The van der Waals surface area contributed by atoms with Gasteiger partial charge in [-0.1, -0.05) is 30.3 Å². The fourth-order valence-electron chi connectivity index (χ4n) is 3.04. The summed E-state index contributed by atoms with van der Waals surface area (Å²) < 4.78 is 15.7. The van der Waals surface area contributed by atoms with Gasteiger partial charge in [0.2, 0.25) is 0 Å². The van der Waals surface area contributed by atoms with Crippen molar-refractivity contribution < 1.29 is 19.0 Å². The SMILES string of the molecule is COC(=O)COc1cc(OC)c(SCCCNc2ccc(-c3ccccc3)cn2)cc1C. The molecular formula is C25H28N2O4S. The molecule has 0 atom stereocenters. The number of carbonyl (C=O) groups is 1. The quantitative estimate of drug-likeness (QED) is 0.243. The average Bonchev–Trinajstić information content (AvgIpc) is 2.84. The van der Waals surface area contributed by atoms with Crippen LogP contribution in [0.2, 0.25) is 0 Å². The number of ether oxygens (including phenoxy) is 3. The Kier molecular flexibility index (Phi) is 8.80. The second kappa shape index (κ2) is 12.0. The molecule has 3 rings (SSSR count). The normalized spacial score (nSPS) is 10.5. The van der Waals surface area contributed by atoms with Crippen LogP contribution in [0, 0.1) is 6.92 Å². The van der Waals surface area contributed by atoms with Crippen molar-refractivity contribution in [3.8, 4) is 22.6 Å². The lowest BCUT2D eigenvalue weighted by molar-refractivity contribution is -0.142. The zero-order valence-electron chi connectivity index (χ0n) is 18.6. The highest BCUT2D eigenvalue weighted by atomic mass is 32.2. The van der Waals surface area contributed by atoms with Crippen molar-refractivity contribution in [1.82, 2.24) is 4.98 Å². The number of pyridine rings is 1. The van der Waals surface area contributed by atoms with Crippen molar-refractivity contribution in [2.24, 2.45) is 0 Å². The van der Waals surface area contributed by atoms with Gasteiger partial charge in [0.25, 0.3) is 0 Å². The number of nitrogens with one attached hydrogen (secondary N) is 1. The molecule has 0 saturated heterocycles. The Hall–Kier alpha value is -3.19. The van der Waals surface area contributed by atoms with Crippen molar-refractivity contribution in [1.29, 1.82) is 0 Å². The number of aromatic nitrogens is 1. The van der Waals surface area contributed by atoms with Gasteiger partial charge in [0.1, 0.15) is 17.3 Å². The minimum absolute atomic E-state index is 0.126. The molecule has 0 fully saturated rings. The molecule has 32 heavy (non-hydrogen) atoms. The lowest BCUT2D eigenvalue weighted by atomic mass is 10.1. The summed E-state index contributed by atoms with van der Waals surface area (Å²) in [7, 11) is 2.97. The summed E-state index contributed by atoms with van der Waals surface area (Å²) in [5.41, 5.74) is 3.21. The number of aryl methyl sites for hydroxylation is 1. The first kappa shape index (κ1) is 23.5. The number of methoxy groups -OCH3 is 2. The molecule has 0 amide bonds. The smallest absolute Gasteiger partial charge is 0.343 e. The molecule has 0 radical (unpaired) electrons. The predicted molar refractivity (Wildman–Crippen MR) is 129 cm³/mol. The molecule has 0 aliphatic heterocycles. The van der Waals surface area contributed by atoms with Gasteiger partial charge in [0, 0.05) is 29.3 Å². The molecule has 6 nitrogen and oxygen atoms in total. The highest BCUT2D eigenvalue weighted by Crippen LogP contribution is 2.35. The number of carbonyl (C=O) groups excluding carboxylic acids is 1. The van der Waals surface area contributed by atoms with Crippen LogP contribution in [0.3, 0.4) is 0 Å².